The van der Waals surface area contributed by atoms with Gasteiger partial charge in [-0.25, -0.2) is 4.39 Å². The number of aromatic amines is 1. The SMILES string of the molecule is O=C(CSc1n[nH]c(-c2ccccn2)n1)c1ccc(F)cc1. The summed E-state index contributed by atoms with van der Waals surface area (Å²) in [4.78, 5) is 20.4. The maximum Gasteiger partial charge on any atom is 0.209 e. The lowest BCUT2D eigenvalue weighted by atomic mass is 10.1. The number of carbonyl (C=O) groups is 1. The number of nitrogens with zero attached hydrogens (tertiary/aromatic N) is 3. The fraction of sp³-hybridized carbons (Fsp3) is 0.0667. The summed E-state index contributed by atoms with van der Waals surface area (Å²) >= 11 is 1.22. The van der Waals surface area contributed by atoms with Crippen LogP contribution in [-0.4, -0.2) is 31.7 Å². The van der Waals surface area contributed by atoms with E-state index in [1.807, 2.05) is 18.2 Å². The third kappa shape index (κ3) is 3.37. The lowest BCUT2D eigenvalue weighted by Gasteiger charge is -1.98. The van der Waals surface area contributed by atoms with Crippen molar-refractivity contribution in [2.24, 2.45) is 0 Å². The van der Waals surface area contributed by atoms with E-state index in [0.29, 0.717) is 22.2 Å². The monoisotopic (exact) mass is 314 g/mol. The number of Topliss-reactive ketones (excluding diaryl/α,β-unsaturated/α-hetero) is 1. The minimum Gasteiger partial charge on any atom is -0.293 e. The maximum atomic E-state index is 12.8. The summed E-state index contributed by atoms with van der Waals surface area (Å²) in [5.74, 6) is 0.273. The normalized spacial score (nSPS) is 10.6. The molecule has 3 aromatic rings. The van der Waals surface area contributed by atoms with Crippen LogP contribution in [0.5, 0.6) is 0 Å². The number of hydrogen-bond acceptors (Lipinski definition) is 5. The molecule has 110 valence electrons. The zero-order valence-corrected chi connectivity index (χ0v) is 12.2. The van der Waals surface area contributed by atoms with Crippen LogP contribution in [0.15, 0.2) is 53.8 Å². The first-order chi connectivity index (χ1) is 10.7. The lowest BCUT2D eigenvalue weighted by molar-refractivity contribution is 0.102. The van der Waals surface area contributed by atoms with E-state index < -0.39 is 0 Å². The van der Waals surface area contributed by atoms with Crippen LogP contribution in [-0.2, 0) is 0 Å². The third-order valence-electron chi connectivity index (χ3n) is 2.87. The summed E-state index contributed by atoms with van der Waals surface area (Å²) in [6.07, 6.45) is 1.67. The van der Waals surface area contributed by atoms with Gasteiger partial charge in [0.15, 0.2) is 11.6 Å². The van der Waals surface area contributed by atoms with E-state index in [9.17, 15) is 9.18 Å². The fourth-order valence-electron chi connectivity index (χ4n) is 1.78. The topological polar surface area (TPSA) is 71.5 Å². The number of aromatic nitrogens is 4. The zero-order chi connectivity index (χ0) is 15.4. The maximum absolute atomic E-state index is 12.8. The number of nitrogens with one attached hydrogen (secondary N) is 1. The number of H-pyrrole nitrogens is 1. The molecule has 0 aliphatic carbocycles. The molecule has 2 aromatic heterocycles. The smallest absolute Gasteiger partial charge is 0.209 e. The molecule has 0 bridgehead atoms. The van der Waals surface area contributed by atoms with Crippen molar-refractivity contribution >= 4 is 17.5 Å². The summed E-state index contributed by atoms with van der Waals surface area (Å²) in [7, 11) is 0. The molecule has 3 rings (SSSR count). The second-order valence-electron chi connectivity index (χ2n) is 4.40. The molecule has 0 radical (unpaired) electrons. The second-order valence-corrected chi connectivity index (χ2v) is 5.34. The average Bonchev–Trinajstić information content (AvgIpc) is 3.03. The highest BCUT2D eigenvalue weighted by atomic mass is 32.2. The molecule has 2 heterocycles. The molecule has 5 nitrogen and oxygen atoms in total. The van der Waals surface area contributed by atoms with Gasteiger partial charge in [0, 0.05) is 11.8 Å². The second kappa shape index (κ2) is 6.48. The highest BCUT2D eigenvalue weighted by molar-refractivity contribution is 7.99. The van der Waals surface area contributed by atoms with Gasteiger partial charge in [-0.3, -0.25) is 14.9 Å². The van der Waals surface area contributed by atoms with Gasteiger partial charge >= 0.3 is 0 Å². The van der Waals surface area contributed by atoms with Gasteiger partial charge in [-0.2, -0.15) is 4.98 Å². The molecule has 7 heteroatoms. The van der Waals surface area contributed by atoms with Crippen molar-refractivity contribution in [3.8, 4) is 11.5 Å². The average molecular weight is 314 g/mol. The molecule has 0 amide bonds. The van der Waals surface area contributed by atoms with Crippen LogP contribution in [0.3, 0.4) is 0 Å². The summed E-state index contributed by atoms with van der Waals surface area (Å²) in [6.45, 7) is 0. The van der Waals surface area contributed by atoms with Crippen LogP contribution in [0.4, 0.5) is 4.39 Å². The largest absolute Gasteiger partial charge is 0.293 e. The van der Waals surface area contributed by atoms with Crippen molar-refractivity contribution < 1.29 is 9.18 Å². The molecule has 0 spiro atoms. The van der Waals surface area contributed by atoms with E-state index in [1.54, 1.807) is 6.20 Å². The summed E-state index contributed by atoms with van der Waals surface area (Å²) in [6, 6.07) is 11.0. The van der Waals surface area contributed by atoms with Crippen molar-refractivity contribution in [1.82, 2.24) is 20.2 Å². The van der Waals surface area contributed by atoms with E-state index in [2.05, 4.69) is 20.2 Å². The van der Waals surface area contributed by atoms with Gasteiger partial charge in [0.25, 0.3) is 0 Å². The van der Waals surface area contributed by atoms with E-state index in [-0.39, 0.29) is 17.4 Å². The first-order valence-corrected chi connectivity index (χ1v) is 7.46. The standard InChI is InChI=1S/C15H11FN4OS/c16-11-6-4-10(5-7-11)13(21)9-22-15-18-14(19-20-15)12-3-1-2-8-17-12/h1-8H,9H2,(H,18,19,20). The molecular formula is C15H11FN4OS. The molecule has 0 atom stereocenters. The van der Waals surface area contributed by atoms with Gasteiger partial charge in [-0.05, 0) is 36.4 Å². The number of hydrogen-bond donors (Lipinski definition) is 1. The highest BCUT2D eigenvalue weighted by Crippen LogP contribution is 2.18. The molecule has 0 fully saturated rings. The van der Waals surface area contributed by atoms with E-state index in [0.717, 1.165) is 0 Å². The Hall–Kier alpha value is -2.54. The molecule has 22 heavy (non-hydrogen) atoms. The molecular weight excluding hydrogens is 303 g/mol. The number of rotatable bonds is 5. The number of pyridine rings is 1. The molecule has 0 saturated carbocycles. The van der Waals surface area contributed by atoms with Crippen LogP contribution in [0.25, 0.3) is 11.5 Å². The Kier molecular flexibility index (Phi) is 4.24. The first kappa shape index (κ1) is 14.4. The minimum atomic E-state index is -0.363. The van der Waals surface area contributed by atoms with Crippen molar-refractivity contribution in [3.05, 3.63) is 60.0 Å². The Labute approximate surface area is 130 Å². The van der Waals surface area contributed by atoms with Crippen LogP contribution < -0.4 is 0 Å². The summed E-state index contributed by atoms with van der Waals surface area (Å²) < 4.78 is 12.8. The van der Waals surface area contributed by atoms with Crippen molar-refractivity contribution in [1.29, 1.82) is 0 Å². The number of halogens is 1. The lowest BCUT2D eigenvalue weighted by Crippen LogP contribution is -2.02. The van der Waals surface area contributed by atoms with E-state index >= 15 is 0 Å². The van der Waals surface area contributed by atoms with Crippen LogP contribution in [0, 0.1) is 5.82 Å². The van der Waals surface area contributed by atoms with Crippen LogP contribution in [0.1, 0.15) is 10.4 Å². The Morgan fingerprint density at radius 3 is 2.73 bits per heavy atom. The Morgan fingerprint density at radius 1 is 1.18 bits per heavy atom. The first-order valence-electron chi connectivity index (χ1n) is 6.48. The number of ketones is 1. The highest BCUT2D eigenvalue weighted by Gasteiger charge is 2.11. The van der Waals surface area contributed by atoms with Gasteiger partial charge in [0.05, 0.1) is 5.75 Å². The van der Waals surface area contributed by atoms with Gasteiger partial charge < -0.3 is 0 Å². The van der Waals surface area contributed by atoms with E-state index in [1.165, 1.54) is 36.0 Å². The van der Waals surface area contributed by atoms with Crippen LogP contribution >= 0.6 is 11.8 Å². The predicted molar refractivity (Wildman–Crippen MR) is 81.1 cm³/mol. The quantitative estimate of drug-likeness (QED) is 0.579. The van der Waals surface area contributed by atoms with Gasteiger partial charge in [-0.1, -0.05) is 17.8 Å². The number of thioether (sulfide) groups is 1. The van der Waals surface area contributed by atoms with Crippen molar-refractivity contribution in [2.45, 2.75) is 5.16 Å². The van der Waals surface area contributed by atoms with Gasteiger partial charge in [-0.15, -0.1) is 5.10 Å². The fourth-order valence-corrected chi connectivity index (χ4v) is 2.47. The molecule has 0 aliphatic heterocycles. The Morgan fingerprint density at radius 2 is 2.00 bits per heavy atom. The van der Waals surface area contributed by atoms with Crippen molar-refractivity contribution in [3.63, 3.8) is 0 Å². The van der Waals surface area contributed by atoms with Crippen LogP contribution in [0.2, 0.25) is 0 Å². The van der Waals surface area contributed by atoms with E-state index in [4.69, 9.17) is 0 Å². The molecule has 0 aliphatic rings. The number of benzene rings is 1. The van der Waals surface area contributed by atoms with Gasteiger partial charge in [0.1, 0.15) is 11.5 Å². The zero-order valence-electron chi connectivity index (χ0n) is 11.4. The third-order valence-corrected chi connectivity index (χ3v) is 3.72. The van der Waals surface area contributed by atoms with Gasteiger partial charge in [0.2, 0.25) is 5.16 Å². The Balaban J connectivity index is 1.64. The Bertz CT molecular complexity index is 774. The van der Waals surface area contributed by atoms with Crippen molar-refractivity contribution in [2.75, 3.05) is 5.75 Å². The number of carbonyl (C=O) groups excluding carboxylic acids is 1. The molecule has 1 N–H and O–H groups in total. The minimum absolute atomic E-state index is 0.103. The predicted octanol–water partition coefficient (Wildman–Crippen LogP) is 2.98. The summed E-state index contributed by atoms with van der Waals surface area (Å²) in [5, 5.41) is 7.30. The molecule has 0 saturated heterocycles. The molecule has 0 unspecified atom stereocenters. The summed E-state index contributed by atoms with van der Waals surface area (Å²) in [5.41, 5.74) is 1.15. The molecule has 1 aromatic carbocycles.